The van der Waals surface area contributed by atoms with Gasteiger partial charge in [0.2, 0.25) is 5.91 Å². The molecule has 0 saturated carbocycles. The SMILES string of the molecule is CC(C)c1ccc(CNC(=O)CC(=O)O)cc1. The van der Waals surface area contributed by atoms with Gasteiger partial charge in [0.1, 0.15) is 6.42 Å². The van der Waals surface area contributed by atoms with Gasteiger partial charge in [-0.05, 0) is 17.0 Å². The van der Waals surface area contributed by atoms with Gasteiger partial charge < -0.3 is 10.4 Å². The van der Waals surface area contributed by atoms with Crippen molar-refractivity contribution in [1.82, 2.24) is 5.32 Å². The molecule has 17 heavy (non-hydrogen) atoms. The number of carboxylic acid groups (broad SMARTS) is 1. The lowest BCUT2D eigenvalue weighted by Crippen LogP contribution is -2.25. The molecule has 0 heterocycles. The molecule has 0 atom stereocenters. The zero-order valence-corrected chi connectivity index (χ0v) is 10.1. The van der Waals surface area contributed by atoms with E-state index < -0.39 is 18.3 Å². The predicted octanol–water partition coefficient (Wildman–Crippen LogP) is 1.90. The van der Waals surface area contributed by atoms with Crippen molar-refractivity contribution in [3.05, 3.63) is 35.4 Å². The third-order valence-corrected chi connectivity index (χ3v) is 2.45. The van der Waals surface area contributed by atoms with Gasteiger partial charge in [-0.25, -0.2) is 0 Å². The Morgan fingerprint density at radius 3 is 2.29 bits per heavy atom. The lowest BCUT2D eigenvalue weighted by atomic mass is 10.0. The summed E-state index contributed by atoms with van der Waals surface area (Å²) >= 11 is 0. The van der Waals surface area contributed by atoms with Crippen LogP contribution in [0.1, 0.15) is 37.3 Å². The number of carboxylic acids is 1. The summed E-state index contributed by atoms with van der Waals surface area (Å²) in [6.07, 6.45) is -0.482. The van der Waals surface area contributed by atoms with E-state index in [1.165, 1.54) is 5.56 Å². The molecule has 0 saturated heterocycles. The van der Waals surface area contributed by atoms with Gasteiger partial charge in [0, 0.05) is 6.54 Å². The maximum absolute atomic E-state index is 11.1. The van der Waals surface area contributed by atoms with Crippen molar-refractivity contribution in [3.63, 3.8) is 0 Å². The molecule has 92 valence electrons. The number of amides is 1. The van der Waals surface area contributed by atoms with Crippen molar-refractivity contribution in [3.8, 4) is 0 Å². The van der Waals surface area contributed by atoms with Crippen molar-refractivity contribution >= 4 is 11.9 Å². The van der Waals surface area contributed by atoms with E-state index in [-0.39, 0.29) is 0 Å². The standard InChI is InChI=1S/C13H17NO3/c1-9(2)11-5-3-10(4-6-11)8-14-12(15)7-13(16)17/h3-6,9H,7-8H2,1-2H3,(H,14,15)(H,16,17). The van der Waals surface area contributed by atoms with Crippen molar-refractivity contribution in [2.45, 2.75) is 32.7 Å². The van der Waals surface area contributed by atoms with Crippen LogP contribution in [0.2, 0.25) is 0 Å². The van der Waals surface area contributed by atoms with Crippen LogP contribution in [0.4, 0.5) is 0 Å². The second-order valence-electron chi connectivity index (χ2n) is 4.24. The fourth-order valence-corrected chi connectivity index (χ4v) is 1.42. The van der Waals surface area contributed by atoms with Crippen molar-refractivity contribution in [2.24, 2.45) is 0 Å². The quantitative estimate of drug-likeness (QED) is 0.766. The topological polar surface area (TPSA) is 66.4 Å². The molecule has 0 aliphatic rings. The number of rotatable bonds is 5. The highest BCUT2D eigenvalue weighted by atomic mass is 16.4. The third-order valence-electron chi connectivity index (χ3n) is 2.45. The fraction of sp³-hybridized carbons (Fsp3) is 0.385. The van der Waals surface area contributed by atoms with Crippen LogP contribution < -0.4 is 5.32 Å². The number of hydrogen-bond acceptors (Lipinski definition) is 2. The maximum atomic E-state index is 11.1. The van der Waals surface area contributed by atoms with E-state index in [1.54, 1.807) is 0 Å². The van der Waals surface area contributed by atoms with Gasteiger partial charge >= 0.3 is 5.97 Å². The number of hydrogen-bond donors (Lipinski definition) is 2. The first kappa shape index (κ1) is 13.2. The summed E-state index contributed by atoms with van der Waals surface area (Å²) in [4.78, 5) is 21.4. The first-order valence-corrected chi connectivity index (χ1v) is 5.56. The lowest BCUT2D eigenvalue weighted by Gasteiger charge is -2.07. The molecule has 4 heteroatoms. The van der Waals surface area contributed by atoms with Crippen LogP contribution >= 0.6 is 0 Å². The van der Waals surface area contributed by atoms with Gasteiger partial charge in [-0.3, -0.25) is 9.59 Å². The average molecular weight is 235 g/mol. The van der Waals surface area contributed by atoms with Crippen LogP contribution in [0.3, 0.4) is 0 Å². The number of aliphatic carboxylic acids is 1. The van der Waals surface area contributed by atoms with Crippen molar-refractivity contribution in [1.29, 1.82) is 0 Å². The van der Waals surface area contributed by atoms with Crippen LogP contribution in [0.25, 0.3) is 0 Å². The van der Waals surface area contributed by atoms with E-state index in [0.29, 0.717) is 12.5 Å². The third kappa shape index (κ3) is 4.68. The van der Waals surface area contributed by atoms with E-state index in [1.807, 2.05) is 24.3 Å². The van der Waals surface area contributed by atoms with Crippen molar-refractivity contribution < 1.29 is 14.7 Å². The van der Waals surface area contributed by atoms with Crippen LogP contribution in [0.15, 0.2) is 24.3 Å². The normalized spacial score (nSPS) is 10.3. The van der Waals surface area contributed by atoms with E-state index >= 15 is 0 Å². The van der Waals surface area contributed by atoms with Crippen LogP contribution in [-0.4, -0.2) is 17.0 Å². The lowest BCUT2D eigenvalue weighted by molar-refractivity contribution is -0.140. The van der Waals surface area contributed by atoms with Gasteiger partial charge in [-0.2, -0.15) is 0 Å². The van der Waals surface area contributed by atoms with Gasteiger partial charge in [0.15, 0.2) is 0 Å². The van der Waals surface area contributed by atoms with Crippen LogP contribution in [-0.2, 0) is 16.1 Å². The smallest absolute Gasteiger partial charge is 0.312 e. The molecule has 0 aromatic heterocycles. The fourth-order valence-electron chi connectivity index (χ4n) is 1.42. The molecule has 1 aromatic carbocycles. The summed E-state index contributed by atoms with van der Waals surface area (Å²) in [5, 5.41) is 11.0. The number of carbonyl (C=O) groups excluding carboxylic acids is 1. The monoisotopic (exact) mass is 235 g/mol. The minimum Gasteiger partial charge on any atom is -0.481 e. The molecule has 1 rings (SSSR count). The highest BCUT2D eigenvalue weighted by Crippen LogP contribution is 2.14. The molecule has 0 fully saturated rings. The van der Waals surface area contributed by atoms with Gasteiger partial charge in [0.05, 0.1) is 0 Å². The molecular weight excluding hydrogens is 218 g/mol. The summed E-state index contributed by atoms with van der Waals surface area (Å²) in [7, 11) is 0. The Morgan fingerprint density at radius 1 is 1.24 bits per heavy atom. The molecule has 0 aliphatic heterocycles. The number of benzene rings is 1. The highest BCUT2D eigenvalue weighted by molar-refractivity contribution is 5.93. The summed E-state index contributed by atoms with van der Waals surface area (Å²) in [5.74, 6) is -1.10. The largest absolute Gasteiger partial charge is 0.481 e. The second kappa shape index (κ2) is 6.03. The molecule has 0 radical (unpaired) electrons. The van der Waals surface area contributed by atoms with Gasteiger partial charge in [0.25, 0.3) is 0 Å². The van der Waals surface area contributed by atoms with Crippen LogP contribution in [0.5, 0.6) is 0 Å². The van der Waals surface area contributed by atoms with Gasteiger partial charge in [-0.1, -0.05) is 38.1 Å². The molecule has 0 spiro atoms. The van der Waals surface area contributed by atoms with E-state index in [2.05, 4.69) is 19.2 Å². The molecule has 0 unspecified atom stereocenters. The Morgan fingerprint density at radius 2 is 1.82 bits per heavy atom. The number of nitrogens with one attached hydrogen (secondary N) is 1. The minimum atomic E-state index is -1.11. The molecule has 0 bridgehead atoms. The minimum absolute atomic E-state index is 0.366. The Balaban J connectivity index is 2.47. The van der Waals surface area contributed by atoms with Gasteiger partial charge in [-0.15, -0.1) is 0 Å². The summed E-state index contributed by atoms with van der Waals surface area (Å²) in [5.41, 5.74) is 2.21. The highest BCUT2D eigenvalue weighted by Gasteiger charge is 2.06. The first-order valence-electron chi connectivity index (χ1n) is 5.56. The van der Waals surface area contributed by atoms with Crippen molar-refractivity contribution in [2.75, 3.05) is 0 Å². The molecule has 1 aromatic rings. The average Bonchev–Trinajstić information content (AvgIpc) is 2.26. The van der Waals surface area contributed by atoms with E-state index in [4.69, 9.17) is 5.11 Å². The Hall–Kier alpha value is -1.84. The van der Waals surface area contributed by atoms with E-state index in [0.717, 1.165) is 5.56 Å². The second-order valence-corrected chi connectivity index (χ2v) is 4.24. The Kier molecular flexibility index (Phi) is 4.69. The Labute approximate surface area is 101 Å². The molecular formula is C13H17NO3. The molecule has 1 amide bonds. The predicted molar refractivity (Wildman–Crippen MR) is 64.6 cm³/mol. The Bertz CT molecular complexity index is 396. The maximum Gasteiger partial charge on any atom is 0.312 e. The number of carbonyl (C=O) groups is 2. The first-order chi connectivity index (χ1) is 7.99. The molecule has 2 N–H and O–H groups in total. The molecule has 4 nitrogen and oxygen atoms in total. The van der Waals surface area contributed by atoms with E-state index in [9.17, 15) is 9.59 Å². The zero-order chi connectivity index (χ0) is 12.8. The summed E-state index contributed by atoms with van der Waals surface area (Å²) in [6.45, 7) is 4.60. The molecule has 0 aliphatic carbocycles. The zero-order valence-electron chi connectivity index (χ0n) is 10.1. The van der Waals surface area contributed by atoms with Crippen LogP contribution in [0, 0.1) is 0 Å². The summed E-state index contributed by atoms with van der Waals surface area (Å²) < 4.78 is 0. The summed E-state index contributed by atoms with van der Waals surface area (Å²) in [6, 6.07) is 7.92.